The van der Waals surface area contributed by atoms with Crippen LogP contribution in [0.15, 0.2) is 30.5 Å². The predicted octanol–water partition coefficient (Wildman–Crippen LogP) is 4.21. The number of aromatic nitrogens is 3. The molecule has 4 heterocycles. The molecule has 0 radical (unpaired) electrons. The summed E-state index contributed by atoms with van der Waals surface area (Å²) in [5.41, 5.74) is 4.74. The fourth-order valence-corrected chi connectivity index (χ4v) is 5.31. The van der Waals surface area contributed by atoms with Crippen molar-refractivity contribution in [3.63, 3.8) is 0 Å². The first-order chi connectivity index (χ1) is 16.6. The molecule has 1 N–H and O–H groups in total. The van der Waals surface area contributed by atoms with Gasteiger partial charge in [0, 0.05) is 62.2 Å². The molecule has 2 saturated heterocycles. The Morgan fingerprint density at radius 3 is 2.82 bits per heavy atom. The number of piperidine rings is 1. The number of halogens is 2. The van der Waals surface area contributed by atoms with Gasteiger partial charge in [-0.2, -0.15) is 5.10 Å². The number of aryl methyl sites for hydroxylation is 1. The molecule has 0 amide bonds. The lowest BCUT2D eigenvalue weighted by atomic mass is 9.94. The molecule has 1 atom stereocenters. The average molecular weight is 470 g/mol. The number of benzene rings is 1. The van der Waals surface area contributed by atoms with Gasteiger partial charge in [-0.1, -0.05) is 6.07 Å². The van der Waals surface area contributed by atoms with Gasteiger partial charge < -0.3 is 10.1 Å². The summed E-state index contributed by atoms with van der Waals surface area (Å²) < 4.78 is 35.0. The Labute approximate surface area is 199 Å². The zero-order valence-corrected chi connectivity index (χ0v) is 19.8. The first kappa shape index (κ1) is 23.3. The van der Waals surface area contributed by atoms with Gasteiger partial charge in [0.25, 0.3) is 0 Å². The molecule has 0 saturated carbocycles. The smallest absolute Gasteiger partial charge is 0.159 e. The number of ether oxygens (including phenoxy) is 1. The van der Waals surface area contributed by atoms with Crippen LogP contribution in [0.2, 0.25) is 0 Å². The van der Waals surface area contributed by atoms with Crippen molar-refractivity contribution < 1.29 is 13.5 Å². The topological polar surface area (TPSA) is 54.7 Å². The second-order valence-electron chi connectivity index (χ2n) is 9.67. The molecule has 6 nitrogen and oxygen atoms in total. The van der Waals surface area contributed by atoms with Crippen molar-refractivity contribution in [1.82, 2.24) is 24.8 Å². The summed E-state index contributed by atoms with van der Waals surface area (Å²) in [5.74, 6) is -0.0678. The Kier molecular flexibility index (Phi) is 7.18. The zero-order chi connectivity index (χ0) is 23.5. The molecule has 34 heavy (non-hydrogen) atoms. The largest absolute Gasteiger partial charge is 0.381 e. The maximum absolute atomic E-state index is 14.2. The fourth-order valence-electron chi connectivity index (χ4n) is 5.31. The highest BCUT2D eigenvalue weighted by Gasteiger charge is 2.25. The Morgan fingerprint density at radius 1 is 1.15 bits per heavy atom. The van der Waals surface area contributed by atoms with Crippen LogP contribution in [0.4, 0.5) is 8.78 Å². The van der Waals surface area contributed by atoms with Gasteiger partial charge in [0.05, 0.1) is 11.4 Å². The van der Waals surface area contributed by atoms with Crippen molar-refractivity contribution >= 4 is 5.65 Å². The van der Waals surface area contributed by atoms with Gasteiger partial charge in [-0.05, 0) is 63.7 Å². The van der Waals surface area contributed by atoms with Crippen LogP contribution >= 0.6 is 0 Å². The summed E-state index contributed by atoms with van der Waals surface area (Å²) in [6, 6.07) is 5.91. The van der Waals surface area contributed by atoms with E-state index in [0.717, 1.165) is 93.7 Å². The normalized spacial score (nSPS) is 20.3. The van der Waals surface area contributed by atoms with Gasteiger partial charge in [-0.25, -0.2) is 18.3 Å². The Hall–Kier alpha value is -2.42. The molecular weight excluding hydrogens is 436 g/mol. The summed E-state index contributed by atoms with van der Waals surface area (Å²) in [6.45, 7) is 7.71. The van der Waals surface area contributed by atoms with Crippen molar-refractivity contribution in [3.05, 3.63) is 64.6 Å². The number of hydrogen-bond acceptors (Lipinski definition) is 5. The number of fused-ring (bicyclic) bond motifs is 1. The SMILES string of the molecule is Cc1nn2c(C3CCCN(Cc4ccc(F)cc4F)C3)ccnc2c1CNCC1CCOCC1. The quantitative estimate of drug-likeness (QED) is 0.562. The zero-order valence-electron chi connectivity index (χ0n) is 19.8. The molecular formula is C26H33F2N5O. The molecule has 2 fully saturated rings. The standard InChI is InChI=1S/C26H33F2N5O/c1-18-23(15-29-14-19-7-11-34-12-8-19)26-30-9-6-25(33(26)31-18)21-3-2-10-32(17-21)16-20-4-5-22(27)13-24(20)28/h4-6,9,13,19,21,29H,2-3,7-8,10-12,14-17H2,1H3. The van der Waals surface area contributed by atoms with E-state index in [0.29, 0.717) is 18.0 Å². The lowest BCUT2D eigenvalue weighted by Crippen LogP contribution is -2.34. The van der Waals surface area contributed by atoms with E-state index < -0.39 is 11.6 Å². The monoisotopic (exact) mass is 469 g/mol. The molecule has 0 aliphatic carbocycles. The summed E-state index contributed by atoms with van der Waals surface area (Å²) in [6.07, 6.45) is 6.19. The first-order valence-corrected chi connectivity index (χ1v) is 12.4. The number of hydrogen-bond donors (Lipinski definition) is 1. The van der Waals surface area contributed by atoms with E-state index >= 15 is 0 Å². The average Bonchev–Trinajstić information content (AvgIpc) is 3.17. The molecule has 3 aromatic rings. The summed E-state index contributed by atoms with van der Waals surface area (Å²) >= 11 is 0. The molecule has 1 unspecified atom stereocenters. The van der Waals surface area contributed by atoms with E-state index in [-0.39, 0.29) is 5.92 Å². The van der Waals surface area contributed by atoms with E-state index in [2.05, 4.69) is 28.2 Å². The third-order valence-corrected chi connectivity index (χ3v) is 7.25. The van der Waals surface area contributed by atoms with Crippen LogP contribution in [0.1, 0.15) is 54.1 Å². The van der Waals surface area contributed by atoms with Gasteiger partial charge in [-0.15, -0.1) is 0 Å². The van der Waals surface area contributed by atoms with Crippen LogP contribution in [0, 0.1) is 24.5 Å². The van der Waals surface area contributed by atoms with E-state index in [1.54, 1.807) is 6.07 Å². The lowest BCUT2D eigenvalue weighted by molar-refractivity contribution is 0.0662. The van der Waals surface area contributed by atoms with Crippen molar-refractivity contribution in [1.29, 1.82) is 0 Å². The molecule has 5 rings (SSSR count). The Bertz CT molecular complexity index is 1130. The third-order valence-electron chi connectivity index (χ3n) is 7.25. The van der Waals surface area contributed by atoms with Crippen LogP contribution in [0.25, 0.3) is 5.65 Å². The van der Waals surface area contributed by atoms with E-state index in [9.17, 15) is 8.78 Å². The minimum atomic E-state index is -0.538. The minimum absolute atomic E-state index is 0.283. The molecule has 2 aliphatic rings. The maximum atomic E-state index is 14.2. The lowest BCUT2D eigenvalue weighted by Gasteiger charge is -2.33. The maximum Gasteiger partial charge on any atom is 0.159 e. The first-order valence-electron chi connectivity index (χ1n) is 12.4. The van der Waals surface area contributed by atoms with Gasteiger partial charge in [0.2, 0.25) is 0 Å². The van der Waals surface area contributed by atoms with Crippen LogP contribution in [-0.2, 0) is 17.8 Å². The number of nitrogens with zero attached hydrogens (tertiary/aromatic N) is 4. The molecule has 182 valence electrons. The van der Waals surface area contributed by atoms with Gasteiger partial charge in [0.1, 0.15) is 11.6 Å². The van der Waals surface area contributed by atoms with Crippen LogP contribution in [0.3, 0.4) is 0 Å². The highest BCUT2D eigenvalue weighted by molar-refractivity contribution is 5.50. The van der Waals surface area contributed by atoms with Gasteiger partial charge >= 0.3 is 0 Å². The number of nitrogens with one attached hydrogen (secondary N) is 1. The van der Waals surface area contributed by atoms with Gasteiger partial charge in [0.15, 0.2) is 5.65 Å². The Balaban J connectivity index is 1.29. The summed E-state index contributed by atoms with van der Waals surface area (Å²) in [7, 11) is 0. The number of rotatable bonds is 7. The van der Waals surface area contributed by atoms with Crippen LogP contribution in [-0.4, -0.2) is 52.3 Å². The van der Waals surface area contributed by atoms with E-state index in [1.165, 1.54) is 6.07 Å². The van der Waals surface area contributed by atoms with Crippen LogP contribution < -0.4 is 5.32 Å². The van der Waals surface area contributed by atoms with Crippen LogP contribution in [0.5, 0.6) is 0 Å². The Morgan fingerprint density at radius 2 is 2.00 bits per heavy atom. The highest BCUT2D eigenvalue weighted by atomic mass is 19.1. The fraction of sp³-hybridized carbons (Fsp3) is 0.538. The second-order valence-corrected chi connectivity index (χ2v) is 9.67. The molecule has 2 aromatic heterocycles. The molecule has 0 bridgehead atoms. The highest BCUT2D eigenvalue weighted by Crippen LogP contribution is 2.29. The minimum Gasteiger partial charge on any atom is -0.381 e. The van der Waals surface area contributed by atoms with E-state index in [1.807, 2.05) is 10.7 Å². The van der Waals surface area contributed by atoms with E-state index in [4.69, 9.17) is 9.84 Å². The predicted molar refractivity (Wildman–Crippen MR) is 127 cm³/mol. The summed E-state index contributed by atoms with van der Waals surface area (Å²) in [5, 5.41) is 8.47. The van der Waals surface area contributed by atoms with Crippen molar-refractivity contribution in [3.8, 4) is 0 Å². The third kappa shape index (κ3) is 5.14. The van der Waals surface area contributed by atoms with Crippen molar-refractivity contribution in [2.24, 2.45) is 5.92 Å². The summed E-state index contributed by atoms with van der Waals surface area (Å²) in [4.78, 5) is 6.92. The molecule has 8 heteroatoms. The molecule has 1 aromatic carbocycles. The second kappa shape index (κ2) is 10.5. The molecule has 0 spiro atoms. The number of likely N-dealkylation sites (tertiary alicyclic amines) is 1. The van der Waals surface area contributed by atoms with Crippen molar-refractivity contribution in [2.45, 2.75) is 51.6 Å². The van der Waals surface area contributed by atoms with Gasteiger partial charge in [-0.3, -0.25) is 4.90 Å². The van der Waals surface area contributed by atoms with Crippen molar-refractivity contribution in [2.75, 3.05) is 32.8 Å². The molecule has 2 aliphatic heterocycles.